The van der Waals surface area contributed by atoms with E-state index in [9.17, 15) is 0 Å². The van der Waals surface area contributed by atoms with Gasteiger partial charge in [0.25, 0.3) is 0 Å². The molecule has 0 saturated heterocycles. The first kappa shape index (κ1) is 17.5. The lowest BCUT2D eigenvalue weighted by atomic mass is 10.1. The molecule has 0 spiro atoms. The van der Waals surface area contributed by atoms with Gasteiger partial charge in [-0.2, -0.15) is 0 Å². The minimum atomic E-state index is 0.241. The first-order chi connectivity index (χ1) is 14.2. The maximum atomic E-state index is 4.87. The quantitative estimate of drug-likeness (QED) is 0.518. The van der Waals surface area contributed by atoms with Crippen LogP contribution in [0.5, 0.6) is 0 Å². The van der Waals surface area contributed by atoms with Crippen LogP contribution in [0.3, 0.4) is 0 Å². The lowest BCUT2D eigenvalue weighted by molar-refractivity contribution is 0.756. The summed E-state index contributed by atoms with van der Waals surface area (Å²) in [7, 11) is 0. The van der Waals surface area contributed by atoms with Crippen molar-refractivity contribution in [3.8, 4) is 11.5 Å². The number of nitrogens with one attached hydrogen (secondary N) is 1. The van der Waals surface area contributed by atoms with Gasteiger partial charge in [-0.25, -0.2) is 9.97 Å². The van der Waals surface area contributed by atoms with Crippen LogP contribution in [-0.4, -0.2) is 26.8 Å². The molecule has 1 aliphatic rings. The van der Waals surface area contributed by atoms with Crippen LogP contribution >= 0.6 is 0 Å². The highest BCUT2D eigenvalue weighted by molar-refractivity contribution is 6.09. The van der Waals surface area contributed by atoms with Crippen molar-refractivity contribution in [3.05, 3.63) is 72.4 Å². The molecule has 1 unspecified atom stereocenters. The monoisotopic (exact) mass is 379 g/mol. The lowest BCUT2D eigenvalue weighted by Gasteiger charge is -2.11. The molecule has 4 aromatic rings. The number of fused-ring (bicyclic) bond motifs is 2. The second kappa shape index (κ2) is 7.09. The van der Waals surface area contributed by atoms with E-state index in [4.69, 9.17) is 15.0 Å². The molecule has 0 radical (unpaired) electrons. The number of hydrogen-bond acceptors (Lipinski definition) is 5. The van der Waals surface area contributed by atoms with Crippen LogP contribution in [0, 0.1) is 0 Å². The number of para-hydroxylation sites is 1. The van der Waals surface area contributed by atoms with E-state index in [1.54, 1.807) is 0 Å². The minimum Gasteiger partial charge on any atom is -0.325 e. The molecule has 29 heavy (non-hydrogen) atoms. The van der Waals surface area contributed by atoms with Gasteiger partial charge >= 0.3 is 0 Å². The Morgan fingerprint density at radius 1 is 0.931 bits per heavy atom. The number of hydrogen-bond donors (Lipinski definition) is 1. The second-order valence-corrected chi connectivity index (χ2v) is 7.25. The predicted octanol–water partition coefficient (Wildman–Crippen LogP) is 5.39. The average molecular weight is 379 g/mol. The van der Waals surface area contributed by atoms with Crippen LogP contribution in [-0.2, 0) is 0 Å². The van der Waals surface area contributed by atoms with E-state index in [1.165, 1.54) is 5.57 Å². The number of anilines is 1. The topological polar surface area (TPSA) is 63.1 Å². The van der Waals surface area contributed by atoms with Crippen molar-refractivity contribution in [2.75, 3.05) is 5.32 Å². The molecule has 2 aromatic carbocycles. The smallest absolute Gasteiger partial charge is 0.181 e. The maximum absolute atomic E-state index is 4.87. The van der Waals surface area contributed by atoms with Gasteiger partial charge in [0.2, 0.25) is 0 Å². The zero-order chi connectivity index (χ0) is 19.8. The van der Waals surface area contributed by atoms with E-state index in [1.807, 2.05) is 48.7 Å². The number of benzene rings is 2. The summed E-state index contributed by atoms with van der Waals surface area (Å²) in [5.74, 6) is 2.20. The van der Waals surface area contributed by atoms with Gasteiger partial charge in [0.1, 0.15) is 17.3 Å². The molecule has 1 aliphatic heterocycles. The van der Waals surface area contributed by atoms with E-state index in [2.05, 4.69) is 42.4 Å². The fraction of sp³-hybridized carbons (Fsp3) is 0.167. The molecular formula is C24H21N5. The van der Waals surface area contributed by atoms with Crippen LogP contribution in [0.15, 0.2) is 77.4 Å². The number of aromatic nitrogens is 3. The van der Waals surface area contributed by atoms with Crippen molar-refractivity contribution in [2.45, 2.75) is 26.3 Å². The van der Waals surface area contributed by atoms with Crippen molar-refractivity contribution in [1.82, 2.24) is 15.0 Å². The normalized spacial score (nSPS) is 16.1. The van der Waals surface area contributed by atoms with Crippen LogP contribution in [0.2, 0.25) is 0 Å². The molecule has 3 heterocycles. The molecule has 0 bridgehead atoms. The molecule has 5 nitrogen and oxygen atoms in total. The number of amidine groups is 1. The van der Waals surface area contributed by atoms with Gasteiger partial charge in [-0.15, -0.1) is 0 Å². The largest absolute Gasteiger partial charge is 0.325 e. The summed E-state index contributed by atoms with van der Waals surface area (Å²) < 4.78 is 0. The molecule has 5 rings (SSSR count). The Morgan fingerprint density at radius 3 is 2.55 bits per heavy atom. The van der Waals surface area contributed by atoms with Crippen LogP contribution in [0.25, 0.3) is 33.2 Å². The Bertz CT molecular complexity index is 1280. The van der Waals surface area contributed by atoms with Gasteiger partial charge in [-0.1, -0.05) is 43.3 Å². The van der Waals surface area contributed by atoms with Crippen molar-refractivity contribution in [2.24, 2.45) is 4.99 Å². The van der Waals surface area contributed by atoms with Crippen LogP contribution in [0.1, 0.15) is 20.3 Å². The van der Waals surface area contributed by atoms with Gasteiger partial charge in [-0.3, -0.25) is 9.98 Å². The fourth-order valence-corrected chi connectivity index (χ4v) is 3.80. The highest BCUT2D eigenvalue weighted by Gasteiger charge is 2.18. The summed E-state index contributed by atoms with van der Waals surface area (Å²) in [6.07, 6.45) is 4.90. The third-order valence-corrected chi connectivity index (χ3v) is 5.31. The van der Waals surface area contributed by atoms with Crippen molar-refractivity contribution >= 4 is 33.3 Å². The van der Waals surface area contributed by atoms with E-state index < -0.39 is 0 Å². The molecule has 2 aromatic heterocycles. The summed E-state index contributed by atoms with van der Waals surface area (Å²) in [6, 6.07) is 18.4. The Labute approximate surface area is 169 Å². The molecule has 1 N–H and O–H groups in total. The number of aliphatic imine (C=N–C) groups is 1. The third-order valence-electron chi connectivity index (χ3n) is 5.31. The zero-order valence-electron chi connectivity index (χ0n) is 16.4. The number of rotatable bonds is 3. The van der Waals surface area contributed by atoms with E-state index in [0.29, 0.717) is 5.82 Å². The fourth-order valence-electron chi connectivity index (χ4n) is 3.80. The Morgan fingerprint density at radius 2 is 1.72 bits per heavy atom. The summed E-state index contributed by atoms with van der Waals surface area (Å²) in [5, 5.41) is 6.55. The molecule has 0 fully saturated rings. The van der Waals surface area contributed by atoms with Gasteiger partial charge < -0.3 is 5.32 Å². The average Bonchev–Trinajstić information content (AvgIpc) is 3.12. The third kappa shape index (κ3) is 3.14. The summed E-state index contributed by atoms with van der Waals surface area (Å²) in [6.45, 7) is 4.27. The summed E-state index contributed by atoms with van der Waals surface area (Å²) in [5.41, 5.74) is 2.92. The zero-order valence-corrected chi connectivity index (χ0v) is 16.4. The standard InChI is InChI=1S/C24H21N5/c1-3-19-15(2)14-21(26-19)28-23-18-10-6-7-11-20(18)27-24(29-23)22-17-9-5-4-8-16(17)12-13-25-22/h4-14,19H,3H2,1-2H3,(H,26,27,28,29). The van der Waals surface area contributed by atoms with Crippen LogP contribution < -0.4 is 5.32 Å². The van der Waals surface area contributed by atoms with E-state index in [0.717, 1.165) is 45.4 Å². The number of pyridine rings is 1. The Hall–Kier alpha value is -3.60. The maximum Gasteiger partial charge on any atom is 0.181 e. The Kier molecular flexibility index (Phi) is 4.28. The lowest BCUT2D eigenvalue weighted by Crippen LogP contribution is -2.11. The Balaban J connectivity index is 1.67. The predicted molar refractivity (Wildman–Crippen MR) is 119 cm³/mol. The van der Waals surface area contributed by atoms with E-state index in [-0.39, 0.29) is 6.04 Å². The second-order valence-electron chi connectivity index (χ2n) is 7.25. The van der Waals surface area contributed by atoms with Gasteiger partial charge in [0, 0.05) is 17.0 Å². The van der Waals surface area contributed by atoms with Gasteiger partial charge in [0.05, 0.1) is 11.6 Å². The van der Waals surface area contributed by atoms with Gasteiger partial charge in [-0.05, 0) is 48.6 Å². The molecular weight excluding hydrogens is 358 g/mol. The molecule has 142 valence electrons. The molecule has 0 aliphatic carbocycles. The first-order valence-electron chi connectivity index (χ1n) is 9.87. The van der Waals surface area contributed by atoms with Crippen molar-refractivity contribution in [1.29, 1.82) is 0 Å². The summed E-state index contributed by atoms with van der Waals surface area (Å²) in [4.78, 5) is 19.1. The molecule has 0 amide bonds. The van der Waals surface area contributed by atoms with Gasteiger partial charge in [0.15, 0.2) is 5.82 Å². The highest BCUT2D eigenvalue weighted by Crippen LogP contribution is 2.29. The van der Waals surface area contributed by atoms with Crippen LogP contribution in [0.4, 0.5) is 5.82 Å². The molecule has 0 saturated carbocycles. The SMILES string of the molecule is CCC1N=C(Nc2nc(-c3nccc4ccccc34)nc3ccccc23)C=C1C. The molecule has 5 heteroatoms. The highest BCUT2D eigenvalue weighted by atomic mass is 15.1. The first-order valence-corrected chi connectivity index (χ1v) is 9.87. The molecule has 1 atom stereocenters. The van der Waals surface area contributed by atoms with Crippen molar-refractivity contribution in [3.63, 3.8) is 0 Å². The number of nitrogens with zero attached hydrogens (tertiary/aromatic N) is 4. The van der Waals surface area contributed by atoms with Crippen molar-refractivity contribution < 1.29 is 0 Å². The van der Waals surface area contributed by atoms with E-state index >= 15 is 0 Å². The minimum absolute atomic E-state index is 0.241. The summed E-state index contributed by atoms with van der Waals surface area (Å²) >= 11 is 0.